The highest BCUT2D eigenvalue weighted by molar-refractivity contribution is 5.67. The zero-order chi connectivity index (χ0) is 10.3. The Kier molecular flexibility index (Phi) is 5.37. The van der Waals surface area contributed by atoms with Crippen LogP contribution in [-0.4, -0.2) is 24.6 Å². The summed E-state index contributed by atoms with van der Waals surface area (Å²) in [5, 5.41) is 0. The predicted octanol–water partition coefficient (Wildman–Crippen LogP) is 0.319. The highest BCUT2D eigenvalue weighted by Crippen LogP contribution is 1.98. The fourth-order valence-electron chi connectivity index (χ4n) is 0.636. The molecular formula is C9H11O4. The molecule has 0 rings (SSSR count). The summed E-state index contributed by atoms with van der Waals surface area (Å²) in [6.07, 6.45) is 5.62. The molecule has 0 fully saturated rings. The van der Waals surface area contributed by atoms with E-state index in [1.165, 1.54) is 20.3 Å². The van der Waals surface area contributed by atoms with Crippen molar-refractivity contribution in [2.75, 3.05) is 6.61 Å². The number of carbonyl (C=O) groups is 2. The third-order valence-electron chi connectivity index (χ3n) is 1.05. The Labute approximate surface area is 77.2 Å². The van der Waals surface area contributed by atoms with E-state index in [1.54, 1.807) is 0 Å². The Hall–Kier alpha value is -1.50. The Morgan fingerprint density at radius 3 is 2.46 bits per heavy atom. The van der Waals surface area contributed by atoms with E-state index in [2.05, 4.69) is 10.7 Å². The largest absolute Gasteiger partial charge is 0.462 e. The van der Waals surface area contributed by atoms with E-state index in [4.69, 9.17) is 11.2 Å². The second kappa shape index (κ2) is 6.06. The van der Waals surface area contributed by atoms with Crippen LogP contribution in [0.5, 0.6) is 0 Å². The second-order valence-corrected chi connectivity index (χ2v) is 2.28. The lowest BCUT2D eigenvalue weighted by Gasteiger charge is -2.13. The molecule has 0 aliphatic rings. The molecule has 13 heavy (non-hydrogen) atoms. The van der Waals surface area contributed by atoms with Crippen molar-refractivity contribution >= 4 is 11.9 Å². The molecule has 0 bridgehead atoms. The van der Waals surface area contributed by atoms with Crippen molar-refractivity contribution in [2.24, 2.45) is 0 Å². The third-order valence-corrected chi connectivity index (χ3v) is 1.05. The Balaban J connectivity index is 3.88. The highest BCUT2D eigenvalue weighted by Gasteiger charge is 2.12. The van der Waals surface area contributed by atoms with Crippen molar-refractivity contribution in [3.8, 4) is 12.3 Å². The van der Waals surface area contributed by atoms with Gasteiger partial charge in [-0.25, -0.2) is 0 Å². The van der Waals surface area contributed by atoms with Crippen molar-refractivity contribution in [1.29, 1.82) is 0 Å². The number of rotatable bonds is 4. The van der Waals surface area contributed by atoms with Gasteiger partial charge < -0.3 is 9.47 Å². The van der Waals surface area contributed by atoms with Gasteiger partial charge in [-0.3, -0.25) is 9.59 Å². The van der Waals surface area contributed by atoms with Gasteiger partial charge in [-0.1, -0.05) is 5.92 Å². The van der Waals surface area contributed by atoms with Gasteiger partial charge in [0.25, 0.3) is 0 Å². The minimum Gasteiger partial charge on any atom is -0.462 e. The van der Waals surface area contributed by atoms with E-state index >= 15 is 0 Å². The number of ether oxygens (including phenoxy) is 2. The first-order valence-electron chi connectivity index (χ1n) is 3.66. The van der Waals surface area contributed by atoms with E-state index in [0.29, 0.717) is 0 Å². The van der Waals surface area contributed by atoms with Crippen LogP contribution in [0.2, 0.25) is 0 Å². The van der Waals surface area contributed by atoms with Gasteiger partial charge in [-0.2, -0.15) is 0 Å². The van der Waals surface area contributed by atoms with Gasteiger partial charge in [0.05, 0.1) is 6.42 Å². The lowest BCUT2D eigenvalue weighted by molar-refractivity contribution is -0.154. The van der Waals surface area contributed by atoms with Crippen LogP contribution < -0.4 is 0 Å². The van der Waals surface area contributed by atoms with Gasteiger partial charge in [0, 0.05) is 13.8 Å². The number of esters is 2. The van der Waals surface area contributed by atoms with Crippen molar-refractivity contribution in [2.45, 2.75) is 20.0 Å². The Morgan fingerprint density at radius 1 is 1.46 bits per heavy atom. The van der Waals surface area contributed by atoms with Crippen LogP contribution in [-0.2, 0) is 19.1 Å². The SMILES string of the molecule is C#C[CH]C(COC(C)=O)OC(C)=O. The first-order valence-corrected chi connectivity index (χ1v) is 3.66. The van der Waals surface area contributed by atoms with Gasteiger partial charge in [0.1, 0.15) is 6.61 Å². The molecule has 0 saturated heterocycles. The van der Waals surface area contributed by atoms with E-state index in [-0.39, 0.29) is 6.61 Å². The van der Waals surface area contributed by atoms with Crippen LogP contribution in [0.1, 0.15) is 13.8 Å². The molecule has 1 atom stereocenters. The summed E-state index contributed by atoms with van der Waals surface area (Å²) < 4.78 is 9.34. The molecule has 0 spiro atoms. The number of terminal acetylenes is 1. The van der Waals surface area contributed by atoms with Crippen LogP contribution in [0.15, 0.2) is 0 Å². The van der Waals surface area contributed by atoms with Crippen molar-refractivity contribution < 1.29 is 19.1 Å². The van der Waals surface area contributed by atoms with Gasteiger partial charge in [0.2, 0.25) is 0 Å². The quantitative estimate of drug-likeness (QED) is 0.465. The monoisotopic (exact) mass is 183 g/mol. The average molecular weight is 183 g/mol. The van der Waals surface area contributed by atoms with Gasteiger partial charge in [-0.05, 0) is 0 Å². The first-order chi connectivity index (χ1) is 6.06. The number of hydrogen-bond acceptors (Lipinski definition) is 4. The van der Waals surface area contributed by atoms with Crippen LogP contribution in [0, 0.1) is 18.8 Å². The van der Waals surface area contributed by atoms with E-state index < -0.39 is 18.0 Å². The molecule has 71 valence electrons. The van der Waals surface area contributed by atoms with Crippen molar-refractivity contribution in [3.63, 3.8) is 0 Å². The van der Waals surface area contributed by atoms with E-state index in [1.807, 2.05) is 0 Å². The minimum absolute atomic E-state index is 0.0425. The smallest absolute Gasteiger partial charge is 0.303 e. The minimum atomic E-state index is -0.661. The molecule has 0 aliphatic carbocycles. The summed E-state index contributed by atoms with van der Waals surface area (Å²) in [4.78, 5) is 20.9. The fourth-order valence-corrected chi connectivity index (χ4v) is 0.636. The molecule has 0 N–H and O–H groups in total. The van der Waals surface area contributed by atoms with Crippen LogP contribution in [0.3, 0.4) is 0 Å². The zero-order valence-corrected chi connectivity index (χ0v) is 7.57. The standard InChI is InChI=1S/C9H11O4/c1-4-5-9(13-8(3)11)6-12-7(2)10/h1,5,9H,6H2,2-3H3. The molecule has 0 saturated carbocycles. The summed E-state index contributed by atoms with van der Waals surface area (Å²) in [6.45, 7) is 2.48. The molecule has 0 aromatic heterocycles. The van der Waals surface area contributed by atoms with Crippen molar-refractivity contribution in [1.82, 2.24) is 0 Å². The zero-order valence-electron chi connectivity index (χ0n) is 7.57. The maximum atomic E-state index is 10.5. The molecule has 0 aromatic rings. The molecule has 0 aliphatic heterocycles. The predicted molar refractivity (Wildman–Crippen MR) is 45.3 cm³/mol. The molecule has 1 unspecified atom stereocenters. The molecule has 0 heterocycles. The second-order valence-electron chi connectivity index (χ2n) is 2.28. The lowest BCUT2D eigenvalue weighted by atomic mass is 10.3. The summed E-state index contributed by atoms with van der Waals surface area (Å²) in [5.74, 6) is 1.29. The number of carbonyl (C=O) groups excluding carboxylic acids is 2. The van der Waals surface area contributed by atoms with Crippen LogP contribution in [0.25, 0.3) is 0 Å². The maximum Gasteiger partial charge on any atom is 0.303 e. The average Bonchev–Trinajstić information content (AvgIpc) is 1.99. The maximum absolute atomic E-state index is 10.5. The first kappa shape index (κ1) is 11.5. The molecule has 4 nitrogen and oxygen atoms in total. The number of hydrogen-bond donors (Lipinski definition) is 0. The Morgan fingerprint density at radius 2 is 2.08 bits per heavy atom. The van der Waals surface area contributed by atoms with Crippen molar-refractivity contribution in [3.05, 3.63) is 6.42 Å². The normalized spacial score (nSPS) is 11.2. The fraction of sp³-hybridized carbons (Fsp3) is 0.444. The topological polar surface area (TPSA) is 52.6 Å². The molecular weight excluding hydrogens is 172 g/mol. The molecule has 0 aromatic carbocycles. The van der Waals surface area contributed by atoms with Gasteiger partial charge in [0.15, 0.2) is 6.10 Å². The lowest BCUT2D eigenvalue weighted by Crippen LogP contribution is -2.23. The third kappa shape index (κ3) is 6.88. The molecule has 0 amide bonds. The summed E-state index contributed by atoms with van der Waals surface area (Å²) in [5.41, 5.74) is 0. The van der Waals surface area contributed by atoms with Crippen LogP contribution in [0.4, 0.5) is 0 Å². The molecule has 1 radical (unpaired) electrons. The van der Waals surface area contributed by atoms with E-state index in [0.717, 1.165) is 0 Å². The molecule has 4 heteroatoms. The van der Waals surface area contributed by atoms with Gasteiger partial charge >= 0.3 is 11.9 Å². The summed E-state index contributed by atoms with van der Waals surface area (Å²) in [7, 11) is 0. The van der Waals surface area contributed by atoms with Crippen LogP contribution >= 0.6 is 0 Å². The summed E-state index contributed by atoms with van der Waals surface area (Å²) in [6, 6.07) is 0. The van der Waals surface area contributed by atoms with E-state index in [9.17, 15) is 9.59 Å². The van der Waals surface area contributed by atoms with Gasteiger partial charge in [-0.15, -0.1) is 6.42 Å². The Bertz CT molecular complexity index is 226. The highest BCUT2D eigenvalue weighted by atomic mass is 16.6. The summed E-state index contributed by atoms with van der Waals surface area (Å²) >= 11 is 0.